The summed E-state index contributed by atoms with van der Waals surface area (Å²) in [6.45, 7) is 9.59. The third-order valence-electron chi connectivity index (χ3n) is 3.30. The Morgan fingerprint density at radius 3 is 2.50 bits per heavy atom. The number of benzene rings is 1. The number of nitrogens with one attached hydrogen (secondary N) is 1. The molecule has 0 saturated carbocycles. The highest BCUT2D eigenvalue weighted by Gasteiger charge is 2.18. The first-order valence-corrected chi connectivity index (χ1v) is 7.22. The van der Waals surface area contributed by atoms with E-state index in [-0.39, 0.29) is 6.04 Å². The lowest BCUT2D eigenvalue weighted by molar-refractivity contribution is 0.623. The first kappa shape index (κ1) is 13.2. The van der Waals surface area contributed by atoms with Gasteiger partial charge in [0.25, 0.3) is 0 Å². The van der Waals surface area contributed by atoms with E-state index in [4.69, 9.17) is 0 Å². The van der Waals surface area contributed by atoms with Gasteiger partial charge in [0.15, 0.2) is 0 Å². The molecule has 0 bridgehead atoms. The molecule has 0 amide bonds. The summed E-state index contributed by atoms with van der Waals surface area (Å²) < 4.78 is 0. The molecule has 2 rings (SSSR count). The number of rotatable bonds is 4. The fourth-order valence-corrected chi connectivity index (χ4v) is 2.93. The first-order chi connectivity index (χ1) is 8.63. The van der Waals surface area contributed by atoms with Crippen LogP contribution in [-0.2, 0) is 0 Å². The minimum Gasteiger partial charge on any atom is -0.305 e. The fourth-order valence-electron chi connectivity index (χ4n) is 2.21. The van der Waals surface area contributed by atoms with Gasteiger partial charge >= 0.3 is 0 Å². The molecule has 1 atom stereocenters. The van der Waals surface area contributed by atoms with Crippen molar-refractivity contribution in [2.45, 2.75) is 33.7 Å². The van der Waals surface area contributed by atoms with Crippen molar-refractivity contribution in [1.82, 2.24) is 10.3 Å². The summed E-state index contributed by atoms with van der Waals surface area (Å²) in [5, 5.41) is 6.72. The van der Waals surface area contributed by atoms with Crippen molar-refractivity contribution in [3.63, 3.8) is 0 Å². The molecule has 1 aromatic heterocycles. The van der Waals surface area contributed by atoms with E-state index in [0.717, 1.165) is 11.6 Å². The molecule has 1 N–H and O–H groups in total. The van der Waals surface area contributed by atoms with Crippen LogP contribution >= 0.6 is 11.3 Å². The molecule has 0 aliphatic rings. The van der Waals surface area contributed by atoms with Gasteiger partial charge in [-0.15, -0.1) is 11.3 Å². The molecule has 0 aliphatic heterocycles. The van der Waals surface area contributed by atoms with Gasteiger partial charge in [-0.1, -0.05) is 19.1 Å². The van der Waals surface area contributed by atoms with Gasteiger partial charge in [-0.05, 0) is 49.6 Å². The molecule has 2 aromatic rings. The summed E-state index contributed by atoms with van der Waals surface area (Å²) in [6.07, 6.45) is 1.88. The van der Waals surface area contributed by atoms with Crippen LogP contribution in [0.1, 0.15) is 40.2 Å². The standard InChI is InChI=1S/C15H20N2S/c1-5-16-14(15-17-6-7-18-15)13-9-11(3)10(2)8-12(13)4/h6-9,14,16H,5H2,1-4H3. The van der Waals surface area contributed by atoms with Crippen molar-refractivity contribution in [2.24, 2.45) is 0 Å². The van der Waals surface area contributed by atoms with E-state index in [1.54, 1.807) is 11.3 Å². The highest BCUT2D eigenvalue weighted by atomic mass is 32.1. The predicted molar refractivity (Wildman–Crippen MR) is 78.3 cm³/mol. The lowest BCUT2D eigenvalue weighted by atomic mass is 9.96. The van der Waals surface area contributed by atoms with Crippen molar-refractivity contribution in [3.05, 3.63) is 51.0 Å². The highest BCUT2D eigenvalue weighted by Crippen LogP contribution is 2.28. The predicted octanol–water partition coefficient (Wildman–Crippen LogP) is 3.77. The van der Waals surface area contributed by atoms with Crippen LogP contribution in [0, 0.1) is 20.8 Å². The van der Waals surface area contributed by atoms with Crippen LogP contribution in [0.15, 0.2) is 23.7 Å². The van der Waals surface area contributed by atoms with Gasteiger partial charge in [-0.2, -0.15) is 0 Å². The Labute approximate surface area is 113 Å². The first-order valence-electron chi connectivity index (χ1n) is 6.34. The topological polar surface area (TPSA) is 24.9 Å². The number of thiazole rings is 1. The van der Waals surface area contributed by atoms with Gasteiger partial charge in [0.1, 0.15) is 5.01 Å². The van der Waals surface area contributed by atoms with Gasteiger partial charge in [0.2, 0.25) is 0 Å². The monoisotopic (exact) mass is 260 g/mol. The average molecular weight is 260 g/mol. The molecule has 0 fully saturated rings. The number of hydrogen-bond donors (Lipinski definition) is 1. The summed E-state index contributed by atoms with van der Waals surface area (Å²) in [5.41, 5.74) is 5.37. The maximum Gasteiger partial charge on any atom is 0.114 e. The summed E-state index contributed by atoms with van der Waals surface area (Å²) in [6, 6.07) is 4.77. The second-order valence-corrected chi connectivity index (χ2v) is 5.58. The zero-order chi connectivity index (χ0) is 13.1. The van der Waals surface area contributed by atoms with Crippen LogP contribution in [0.3, 0.4) is 0 Å². The van der Waals surface area contributed by atoms with Crippen molar-refractivity contribution >= 4 is 11.3 Å². The molecular formula is C15H20N2S. The normalized spacial score (nSPS) is 12.7. The van der Waals surface area contributed by atoms with Crippen LogP contribution in [0.2, 0.25) is 0 Å². The van der Waals surface area contributed by atoms with E-state index in [1.807, 2.05) is 11.6 Å². The van der Waals surface area contributed by atoms with Crippen LogP contribution in [0.5, 0.6) is 0 Å². The Hall–Kier alpha value is -1.19. The molecule has 0 spiro atoms. The molecule has 1 aromatic carbocycles. The molecule has 0 saturated heterocycles. The molecule has 1 unspecified atom stereocenters. The molecule has 0 radical (unpaired) electrons. The Morgan fingerprint density at radius 1 is 1.17 bits per heavy atom. The zero-order valence-electron chi connectivity index (χ0n) is 11.4. The SMILES string of the molecule is CCNC(c1nccs1)c1cc(C)c(C)cc1C. The Bertz CT molecular complexity index is 518. The van der Waals surface area contributed by atoms with Crippen LogP contribution in [-0.4, -0.2) is 11.5 Å². The molecule has 18 heavy (non-hydrogen) atoms. The van der Waals surface area contributed by atoms with Gasteiger partial charge in [-0.25, -0.2) is 4.98 Å². The lowest BCUT2D eigenvalue weighted by Crippen LogP contribution is -2.22. The molecule has 1 heterocycles. The average Bonchev–Trinajstić information content (AvgIpc) is 2.85. The molecule has 2 nitrogen and oxygen atoms in total. The summed E-state index contributed by atoms with van der Waals surface area (Å²) in [5.74, 6) is 0. The fraction of sp³-hybridized carbons (Fsp3) is 0.400. The van der Waals surface area contributed by atoms with Crippen LogP contribution < -0.4 is 5.32 Å². The quantitative estimate of drug-likeness (QED) is 0.905. The summed E-state index contributed by atoms with van der Waals surface area (Å²) in [4.78, 5) is 4.46. The van der Waals surface area contributed by atoms with E-state index in [9.17, 15) is 0 Å². The van der Waals surface area contributed by atoms with E-state index < -0.39 is 0 Å². The minimum atomic E-state index is 0.217. The number of aromatic nitrogens is 1. The van der Waals surface area contributed by atoms with Gasteiger partial charge in [0, 0.05) is 11.6 Å². The van der Waals surface area contributed by atoms with Crippen molar-refractivity contribution in [3.8, 4) is 0 Å². The van der Waals surface area contributed by atoms with Gasteiger partial charge in [0.05, 0.1) is 6.04 Å². The smallest absolute Gasteiger partial charge is 0.114 e. The second-order valence-electron chi connectivity index (χ2n) is 4.65. The van der Waals surface area contributed by atoms with Crippen LogP contribution in [0.25, 0.3) is 0 Å². The van der Waals surface area contributed by atoms with E-state index in [1.165, 1.54) is 22.3 Å². The van der Waals surface area contributed by atoms with Crippen molar-refractivity contribution < 1.29 is 0 Å². The third kappa shape index (κ3) is 2.62. The number of hydrogen-bond acceptors (Lipinski definition) is 3. The van der Waals surface area contributed by atoms with Crippen molar-refractivity contribution in [2.75, 3.05) is 6.54 Å². The maximum absolute atomic E-state index is 4.46. The second kappa shape index (κ2) is 5.63. The van der Waals surface area contributed by atoms with E-state index >= 15 is 0 Å². The van der Waals surface area contributed by atoms with Gasteiger partial charge in [-0.3, -0.25) is 0 Å². The molecule has 96 valence electrons. The largest absolute Gasteiger partial charge is 0.305 e. The van der Waals surface area contributed by atoms with E-state index in [0.29, 0.717) is 0 Å². The van der Waals surface area contributed by atoms with Crippen molar-refractivity contribution in [1.29, 1.82) is 0 Å². The molecule has 3 heteroatoms. The number of nitrogens with zero attached hydrogens (tertiary/aromatic N) is 1. The highest BCUT2D eigenvalue weighted by molar-refractivity contribution is 7.09. The number of aryl methyl sites for hydroxylation is 3. The lowest BCUT2D eigenvalue weighted by Gasteiger charge is -2.19. The van der Waals surface area contributed by atoms with Gasteiger partial charge < -0.3 is 5.32 Å². The van der Waals surface area contributed by atoms with E-state index in [2.05, 4.69) is 50.1 Å². The maximum atomic E-state index is 4.46. The third-order valence-corrected chi connectivity index (χ3v) is 4.14. The zero-order valence-corrected chi connectivity index (χ0v) is 12.3. The Morgan fingerprint density at radius 2 is 1.89 bits per heavy atom. The molecule has 0 aliphatic carbocycles. The van der Waals surface area contributed by atoms with Crippen LogP contribution in [0.4, 0.5) is 0 Å². The minimum absolute atomic E-state index is 0.217. The Balaban J connectivity index is 2.46. The Kier molecular flexibility index (Phi) is 4.15. The summed E-state index contributed by atoms with van der Waals surface area (Å²) >= 11 is 1.71. The molecular weight excluding hydrogens is 240 g/mol. The summed E-state index contributed by atoms with van der Waals surface area (Å²) in [7, 11) is 0.